The summed E-state index contributed by atoms with van der Waals surface area (Å²) in [5.41, 5.74) is 2.93. The van der Waals surface area contributed by atoms with Crippen LogP contribution < -0.4 is 9.62 Å². The molecular weight excluding hydrogens is 519 g/mol. The fourth-order valence-corrected chi connectivity index (χ4v) is 5.57. The third kappa shape index (κ3) is 5.90. The van der Waals surface area contributed by atoms with Crippen LogP contribution in [-0.2, 0) is 21.4 Å². The predicted octanol–water partition coefficient (Wildman–Crippen LogP) is 5.31. The molecule has 1 N–H and O–H groups in total. The Labute approximate surface area is 220 Å². The summed E-state index contributed by atoms with van der Waals surface area (Å²) in [4.78, 5) is 17.2. The molecule has 7 nitrogen and oxygen atoms in total. The molecule has 186 valence electrons. The van der Waals surface area contributed by atoms with E-state index in [1.807, 2.05) is 48.9 Å². The van der Waals surface area contributed by atoms with E-state index in [-0.39, 0.29) is 27.2 Å². The van der Waals surface area contributed by atoms with Crippen LogP contribution in [0.5, 0.6) is 0 Å². The lowest BCUT2D eigenvalue weighted by Gasteiger charge is -2.24. The normalized spacial score (nSPS) is 11.3. The lowest BCUT2D eigenvalue weighted by molar-refractivity contribution is -0.119. The minimum Gasteiger partial charge on any atom is -0.350 e. The van der Waals surface area contributed by atoms with Gasteiger partial charge in [0.05, 0.1) is 10.6 Å². The number of carbonyl (C=O) groups is 1. The summed E-state index contributed by atoms with van der Waals surface area (Å²) in [6, 6.07) is 18.5. The van der Waals surface area contributed by atoms with Gasteiger partial charge in [-0.05, 0) is 61.9 Å². The monoisotopic (exact) mass is 542 g/mol. The lowest BCUT2D eigenvalue weighted by atomic mass is 10.2. The molecule has 0 saturated carbocycles. The van der Waals surface area contributed by atoms with Gasteiger partial charge >= 0.3 is 0 Å². The highest BCUT2D eigenvalue weighted by molar-refractivity contribution is 7.92. The second kappa shape index (κ2) is 10.7. The first-order valence-electron chi connectivity index (χ1n) is 11.0. The fraction of sp³-hybridized carbons (Fsp3) is 0.154. The van der Waals surface area contributed by atoms with Gasteiger partial charge in [-0.1, -0.05) is 53.0 Å². The molecule has 0 aliphatic rings. The van der Waals surface area contributed by atoms with Gasteiger partial charge in [0.25, 0.3) is 10.0 Å². The highest BCUT2D eigenvalue weighted by Gasteiger charge is 2.27. The molecule has 0 saturated heterocycles. The van der Waals surface area contributed by atoms with E-state index in [9.17, 15) is 13.2 Å². The van der Waals surface area contributed by atoms with E-state index in [1.54, 1.807) is 18.3 Å². The maximum absolute atomic E-state index is 13.5. The van der Waals surface area contributed by atoms with E-state index in [0.717, 1.165) is 26.9 Å². The minimum atomic E-state index is -4.07. The number of imidazole rings is 1. The van der Waals surface area contributed by atoms with Crippen molar-refractivity contribution in [3.05, 3.63) is 106 Å². The van der Waals surface area contributed by atoms with Crippen molar-refractivity contribution < 1.29 is 13.2 Å². The minimum absolute atomic E-state index is 0.0578. The number of benzene rings is 3. The van der Waals surface area contributed by atoms with Crippen molar-refractivity contribution in [2.45, 2.75) is 25.3 Å². The molecule has 36 heavy (non-hydrogen) atoms. The molecular formula is C26H24Cl2N4O3S. The first-order chi connectivity index (χ1) is 17.1. The average molecular weight is 543 g/mol. The van der Waals surface area contributed by atoms with Crippen molar-refractivity contribution in [1.29, 1.82) is 0 Å². The number of hydrogen-bond donors (Lipinski definition) is 1. The summed E-state index contributed by atoms with van der Waals surface area (Å²) in [7, 11) is -4.07. The molecule has 4 aromatic rings. The SMILES string of the molecule is Cc1ccc(S(=O)(=O)N(CC(=O)NCc2ccc(-n3ccnc3C)cc2)c2cc(Cl)cc(Cl)c2)cc1. The molecule has 0 spiro atoms. The predicted molar refractivity (Wildman–Crippen MR) is 142 cm³/mol. The van der Waals surface area contributed by atoms with Gasteiger partial charge in [-0.2, -0.15) is 0 Å². The number of hydrogen-bond acceptors (Lipinski definition) is 4. The Morgan fingerprint density at radius 1 is 0.972 bits per heavy atom. The zero-order chi connectivity index (χ0) is 25.9. The number of rotatable bonds is 8. The topological polar surface area (TPSA) is 84.3 Å². The number of anilines is 1. The number of aryl methyl sites for hydroxylation is 2. The highest BCUT2D eigenvalue weighted by Crippen LogP contribution is 2.29. The maximum atomic E-state index is 13.5. The van der Waals surface area contributed by atoms with Gasteiger partial charge < -0.3 is 9.88 Å². The van der Waals surface area contributed by atoms with Crippen LogP contribution >= 0.6 is 23.2 Å². The van der Waals surface area contributed by atoms with Crippen molar-refractivity contribution in [2.75, 3.05) is 10.8 Å². The Morgan fingerprint density at radius 3 is 2.19 bits per heavy atom. The maximum Gasteiger partial charge on any atom is 0.264 e. The van der Waals surface area contributed by atoms with Crippen LogP contribution in [0, 0.1) is 13.8 Å². The molecule has 0 unspecified atom stereocenters. The zero-order valence-corrected chi connectivity index (χ0v) is 22.0. The van der Waals surface area contributed by atoms with E-state index < -0.39 is 22.5 Å². The summed E-state index contributed by atoms with van der Waals surface area (Å²) >= 11 is 12.3. The number of halogens is 2. The van der Waals surface area contributed by atoms with Gasteiger partial charge in [-0.3, -0.25) is 9.10 Å². The fourth-order valence-electron chi connectivity index (χ4n) is 3.65. The van der Waals surface area contributed by atoms with Gasteiger partial charge in [-0.25, -0.2) is 13.4 Å². The molecule has 0 atom stereocenters. The molecule has 1 aromatic heterocycles. The molecule has 1 heterocycles. The quantitative estimate of drug-likeness (QED) is 0.327. The lowest BCUT2D eigenvalue weighted by Crippen LogP contribution is -2.40. The summed E-state index contributed by atoms with van der Waals surface area (Å²) in [6.45, 7) is 3.56. The van der Waals surface area contributed by atoms with Crippen LogP contribution in [0.25, 0.3) is 5.69 Å². The van der Waals surface area contributed by atoms with E-state index in [0.29, 0.717) is 0 Å². The van der Waals surface area contributed by atoms with E-state index in [2.05, 4.69) is 10.3 Å². The van der Waals surface area contributed by atoms with Crippen LogP contribution in [0.1, 0.15) is 17.0 Å². The van der Waals surface area contributed by atoms with E-state index in [1.165, 1.54) is 30.3 Å². The van der Waals surface area contributed by atoms with Gasteiger partial charge in [0, 0.05) is 34.7 Å². The van der Waals surface area contributed by atoms with E-state index in [4.69, 9.17) is 23.2 Å². The Kier molecular flexibility index (Phi) is 7.68. The first kappa shape index (κ1) is 25.8. The largest absolute Gasteiger partial charge is 0.350 e. The number of sulfonamides is 1. The van der Waals surface area contributed by atoms with Crippen LogP contribution in [0.15, 0.2) is 84.0 Å². The molecule has 4 rings (SSSR count). The van der Waals surface area contributed by atoms with Crippen molar-refractivity contribution in [3.63, 3.8) is 0 Å². The van der Waals surface area contributed by atoms with Crippen LogP contribution in [0.2, 0.25) is 10.0 Å². The summed E-state index contributed by atoms with van der Waals surface area (Å²) in [5.74, 6) is 0.392. The number of carbonyl (C=O) groups excluding carboxylic acids is 1. The molecule has 0 bridgehead atoms. The third-order valence-electron chi connectivity index (χ3n) is 5.56. The molecule has 0 aliphatic carbocycles. The third-order valence-corrected chi connectivity index (χ3v) is 7.79. The van der Waals surface area contributed by atoms with E-state index >= 15 is 0 Å². The summed E-state index contributed by atoms with van der Waals surface area (Å²) in [5, 5.41) is 3.32. The standard InChI is InChI=1S/C26H24Cl2N4O3S/c1-18-3-9-25(10-4-18)36(34,35)32(24-14-21(27)13-22(28)15-24)17-26(33)30-16-20-5-7-23(8-6-20)31-12-11-29-19(31)2/h3-15H,16-17H2,1-2H3,(H,30,33). The Bertz CT molecular complexity index is 1460. The van der Waals surface area contributed by atoms with Crippen molar-refractivity contribution >= 4 is 44.8 Å². The molecule has 0 aliphatic heterocycles. The smallest absolute Gasteiger partial charge is 0.264 e. The number of aromatic nitrogens is 2. The van der Waals surface area contributed by atoms with Gasteiger partial charge in [-0.15, -0.1) is 0 Å². The molecule has 10 heteroatoms. The first-order valence-corrected chi connectivity index (χ1v) is 13.2. The summed E-state index contributed by atoms with van der Waals surface area (Å²) < 4.78 is 30.0. The second-order valence-electron chi connectivity index (χ2n) is 8.24. The van der Waals surface area contributed by atoms with Crippen LogP contribution in [0.3, 0.4) is 0 Å². The van der Waals surface area contributed by atoms with Gasteiger partial charge in [0.1, 0.15) is 12.4 Å². The van der Waals surface area contributed by atoms with Gasteiger partial charge in [0.15, 0.2) is 0 Å². The molecule has 0 fully saturated rings. The van der Waals surface area contributed by atoms with Gasteiger partial charge in [0.2, 0.25) is 5.91 Å². The van der Waals surface area contributed by atoms with Crippen molar-refractivity contribution in [1.82, 2.24) is 14.9 Å². The van der Waals surface area contributed by atoms with Crippen molar-refractivity contribution in [2.24, 2.45) is 0 Å². The average Bonchev–Trinajstić information content (AvgIpc) is 3.27. The number of nitrogens with one attached hydrogen (secondary N) is 1. The Morgan fingerprint density at radius 2 is 1.61 bits per heavy atom. The Balaban J connectivity index is 1.53. The number of nitrogens with zero attached hydrogens (tertiary/aromatic N) is 3. The Hall–Kier alpha value is -3.33. The van der Waals surface area contributed by atoms with Crippen LogP contribution in [0.4, 0.5) is 5.69 Å². The van der Waals surface area contributed by atoms with Crippen LogP contribution in [-0.4, -0.2) is 30.4 Å². The molecule has 3 aromatic carbocycles. The highest BCUT2D eigenvalue weighted by atomic mass is 35.5. The van der Waals surface area contributed by atoms with Crippen molar-refractivity contribution in [3.8, 4) is 5.69 Å². The second-order valence-corrected chi connectivity index (χ2v) is 11.0. The number of amides is 1. The molecule has 1 amide bonds. The zero-order valence-electron chi connectivity index (χ0n) is 19.7. The summed E-state index contributed by atoms with van der Waals surface area (Å²) in [6.07, 6.45) is 3.60. The molecule has 0 radical (unpaired) electrons.